The summed E-state index contributed by atoms with van der Waals surface area (Å²) in [4.78, 5) is 15.3. The van der Waals surface area contributed by atoms with Gasteiger partial charge in [0, 0.05) is 12.2 Å². The second-order valence-corrected chi connectivity index (χ2v) is 10.3. The van der Waals surface area contributed by atoms with Crippen molar-refractivity contribution in [2.45, 2.75) is 84.3 Å². The minimum Gasteiger partial charge on any atom is -0.489 e. The highest BCUT2D eigenvalue weighted by Crippen LogP contribution is 2.49. The van der Waals surface area contributed by atoms with E-state index in [1.807, 2.05) is 56.0 Å². The molecule has 2 aliphatic rings. The molecule has 4 nitrogen and oxygen atoms in total. The topological polar surface area (TPSA) is 49.8 Å². The van der Waals surface area contributed by atoms with Gasteiger partial charge in [0.25, 0.3) is 0 Å². The average molecular weight is 452 g/mol. The van der Waals surface area contributed by atoms with E-state index in [0.29, 0.717) is 19.3 Å². The molecule has 2 fully saturated rings. The van der Waals surface area contributed by atoms with Crippen molar-refractivity contribution in [2.24, 2.45) is 10.8 Å². The van der Waals surface area contributed by atoms with Gasteiger partial charge in [-0.05, 0) is 90.0 Å². The normalized spacial score (nSPS) is 26.3. The van der Waals surface area contributed by atoms with Crippen molar-refractivity contribution in [3.63, 3.8) is 0 Å². The zero-order chi connectivity index (χ0) is 24.4. The van der Waals surface area contributed by atoms with E-state index in [1.165, 1.54) is 0 Å². The summed E-state index contributed by atoms with van der Waals surface area (Å²) in [7, 11) is 0. The van der Waals surface area contributed by atoms with E-state index in [1.54, 1.807) is 0 Å². The first-order valence-electron chi connectivity index (χ1n) is 12.3. The maximum atomic E-state index is 13.4. The monoisotopic (exact) mass is 451 g/mol. The van der Waals surface area contributed by atoms with E-state index in [2.05, 4.69) is 26.7 Å². The Hall–Kier alpha value is -2.33. The molecule has 0 aromatic heterocycles. The molecule has 1 unspecified atom stereocenters. The van der Waals surface area contributed by atoms with Crippen LogP contribution in [0.4, 0.5) is 5.69 Å². The van der Waals surface area contributed by atoms with Crippen LogP contribution in [0.3, 0.4) is 0 Å². The minimum absolute atomic E-state index is 0.160. The first-order valence-corrected chi connectivity index (χ1v) is 12.3. The van der Waals surface area contributed by atoms with E-state index >= 15 is 0 Å². The van der Waals surface area contributed by atoms with Crippen LogP contribution >= 0.6 is 0 Å². The first kappa shape index (κ1) is 25.3. The van der Waals surface area contributed by atoms with Crippen LogP contribution in [0.2, 0.25) is 0 Å². The van der Waals surface area contributed by atoms with Crippen LogP contribution in [0.1, 0.15) is 72.6 Å². The van der Waals surface area contributed by atoms with Crippen molar-refractivity contribution in [3.05, 3.63) is 61.2 Å². The third-order valence-electron chi connectivity index (χ3n) is 8.45. The molecule has 1 saturated heterocycles. The fourth-order valence-corrected chi connectivity index (χ4v) is 5.89. The fraction of sp³-hybridized carbons (Fsp3) is 0.552. The van der Waals surface area contributed by atoms with Gasteiger partial charge >= 0.3 is 0 Å². The Morgan fingerprint density at radius 2 is 1.73 bits per heavy atom. The van der Waals surface area contributed by atoms with E-state index in [-0.39, 0.29) is 22.8 Å². The van der Waals surface area contributed by atoms with Gasteiger partial charge in [0.2, 0.25) is 5.91 Å². The Balaban J connectivity index is 1.72. The summed E-state index contributed by atoms with van der Waals surface area (Å²) >= 11 is 0. The fourth-order valence-electron chi connectivity index (χ4n) is 5.89. The van der Waals surface area contributed by atoms with Crippen LogP contribution in [0, 0.1) is 10.8 Å². The summed E-state index contributed by atoms with van der Waals surface area (Å²) in [6.45, 7) is 21.2. The number of nitrogens with zero attached hydrogens (tertiary/aromatic N) is 1. The molecule has 1 aromatic rings. The molecule has 1 saturated carbocycles. The standard InChI is InChI=1S/C29H41NO3/c1-8-14-29(21(3)4,22(5)6)23(7)33-25-12-10-24(11-13-25)30-20-19-27(26(30)31)15-17-28(32,9-2)18-16-27/h8,10-13,23,32H,1,3,5,9,14-20H2,2,4,6-7H3. The Morgan fingerprint density at radius 1 is 1.15 bits per heavy atom. The molecule has 1 aliphatic carbocycles. The number of allylic oxidation sites excluding steroid dienone is 1. The molecular weight excluding hydrogens is 410 g/mol. The van der Waals surface area contributed by atoms with Gasteiger partial charge in [0.1, 0.15) is 11.9 Å². The molecule has 0 radical (unpaired) electrons. The molecule has 1 aliphatic heterocycles. The summed E-state index contributed by atoms with van der Waals surface area (Å²) in [6, 6.07) is 7.83. The molecule has 1 N–H and O–H groups in total. The molecule has 1 amide bonds. The van der Waals surface area contributed by atoms with Crippen molar-refractivity contribution in [1.29, 1.82) is 0 Å². The van der Waals surface area contributed by atoms with Crippen molar-refractivity contribution >= 4 is 11.6 Å². The number of amides is 1. The van der Waals surface area contributed by atoms with Gasteiger partial charge in [-0.2, -0.15) is 0 Å². The van der Waals surface area contributed by atoms with Crippen LogP contribution in [-0.4, -0.2) is 29.3 Å². The molecule has 1 heterocycles. The molecule has 4 heteroatoms. The summed E-state index contributed by atoms with van der Waals surface area (Å²) < 4.78 is 6.34. The Labute approximate surface area is 200 Å². The third-order valence-corrected chi connectivity index (χ3v) is 8.45. The third kappa shape index (κ3) is 4.55. The molecular formula is C29H41NO3. The Kier molecular flexibility index (Phi) is 7.28. The number of aliphatic hydroxyl groups is 1. The van der Waals surface area contributed by atoms with Crippen LogP contribution < -0.4 is 9.64 Å². The predicted octanol–water partition coefficient (Wildman–Crippen LogP) is 6.61. The molecule has 0 bridgehead atoms. The molecule has 3 rings (SSSR count). The zero-order valence-electron chi connectivity index (χ0n) is 21.0. The Morgan fingerprint density at radius 3 is 2.21 bits per heavy atom. The first-order chi connectivity index (χ1) is 15.5. The predicted molar refractivity (Wildman–Crippen MR) is 137 cm³/mol. The highest BCUT2D eigenvalue weighted by Gasteiger charge is 2.51. The van der Waals surface area contributed by atoms with Crippen LogP contribution in [-0.2, 0) is 4.79 Å². The maximum Gasteiger partial charge on any atom is 0.233 e. The minimum atomic E-state index is -0.594. The van der Waals surface area contributed by atoms with E-state index in [0.717, 1.165) is 54.8 Å². The quantitative estimate of drug-likeness (QED) is 0.430. The average Bonchev–Trinajstić information content (AvgIpc) is 3.10. The summed E-state index contributed by atoms with van der Waals surface area (Å²) in [5.74, 6) is 0.964. The van der Waals surface area contributed by atoms with E-state index in [9.17, 15) is 9.90 Å². The van der Waals surface area contributed by atoms with Crippen LogP contribution in [0.15, 0.2) is 61.2 Å². The van der Waals surface area contributed by atoms with Gasteiger partial charge < -0.3 is 14.7 Å². The highest BCUT2D eigenvalue weighted by molar-refractivity contribution is 6.00. The summed E-state index contributed by atoms with van der Waals surface area (Å²) in [5, 5.41) is 10.6. The lowest BCUT2D eigenvalue weighted by molar-refractivity contribution is -0.130. The summed E-state index contributed by atoms with van der Waals surface area (Å²) in [5.41, 5.74) is 1.65. The zero-order valence-corrected chi connectivity index (χ0v) is 21.0. The molecule has 1 atom stereocenters. The molecule has 1 spiro atoms. The number of carbonyl (C=O) groups excluding carboxylic acids is 1. The smallest absolute Gasteiger partial charge is 0.233 e. The lowest BCUT2D eigenvalue weighted by Gasteiger charge is -2.40. The molecule has 33 heavy (non-hydrogen) atoms. The Bertz CT molecular complexity index is 891. The number of anilines is 1. The van der Waals surface area contributed by atoms with Crippen molar-refractivity contribution < 1.29 is 14.6 Å². The molecule has 1 aromatic carbocycles. The second-order valence-electron chi connectivity index (χ2n) is 10.3. The van der Waals surface area contributed by atoms with Gasteiger partial charge in [0.15, 0.2) is 0 Å². The van der Waals surface area contributed by atoms with Gasteiger partial charge in [-0.1, -0.05) is 37.3 Å². The largest absolute Gasteiger partial charge is 0.489 e. The van der Waals surface area contributed by atoms with Crippen LogP contribution in [0.5, 0.6) is 5.75 Å². The number of rotatable bonds is 9. The number of benzene rings is 1. The number of ether oxygens (including phenoxy) is 1. The second kappa shape index (κ2) is 9.50. The van der Waals surface area contributed by atoms with Gasteiger partial charge in [-0.25, -0.2) is 0 Å². The summed E-state index contributed by atoms with van der Waals surface area (Å²) in [6.07, 6.45) is 7.05. The van der Waals surface area contributed by atoms with Gasteiger partial charge in [0.05, 0.1) is 16.4 Å². The number of hydrogen-bond donors (Lipinski definition) is 1. The van der Waals surface area contributed by atoms with Gasteiger partial charge in [-0.15, -0.1) is 6.58 Å². The lowest BCUT2D eigenvalue weighted by Crippen LogP contribution is -2.43. The van der Waals surface area contributed by atoms with E-state index < -0.39 is 5.60 Å². The van der Waals surface area contributed by atoms with Crippen molar-refractivity contribution in [2.75, 3.05) is 11.4 Å². The van der Waals surface area contributed by atoms with Crippen molar-refractivity contribution in [3.8, 4) is 5.75 Å². The maximum absolute atomic E-state index is 13.4. The number of hydrogen-bond acceptors (Lipinski definition) is 3. The van der Waals surface area contributed by atoms with Crippen LogP contribution in [0.25, 0.3) is 0 Å². The molecule has 180 valence electrons. The van der Waals surface area contributed by atoms with E-state index in [4.69, 9.17) is 4.74 Å². The van der Waals surface area contributed by atoms with Gasteiger partial charge in [-0.3, -0.25) is 4.79 Å². The number of carbonyl (C=O) groups is 1. The van der Waals surface area contributed by atoms with Crippen molar-refractivity contribution in [1.82, 2.24) is 0 Å². The SMILES string of the molecule is C=CCC(C(=C)C)(C(=C)C)C(C)Oc1ccc(N2CCC3(CCC(O)(CC)CC3)C2=O)cc1. The lowest BCUT2D eigenvalue weighted by atomic mass is 9.67. The highest BCUT2D eigenvalue weighted by atomic mass is 16.5.